The zero-order valence-electron chi connectivity index (χ0n) is 3.81. The van der Waals surface area contributed by atoms with E-state index in [1.165, 1.54) is 31.6 Å². The van der Waals surface area contributed by atoms with Crippen molar-refractivity contribution in [3.63, 3.8) is 0 Å². The molecule has 0 atom stereocenters. The number of hydrogen-bond acceptors (Lipinski definition) is 4. The van der Waals surface area contributed by atoms with Gasteiger partial charge in [-0.25, -0.2) is 0 Å². The highest BCUT2D eigenvalue weighted by molar-refractivity contribution is 9.13. The molecule has 0 aromatic heterocycles. The Hall–Kier alpha value is 1.59. The topological polar surface area (TPSA) is 14.1 Å². The van der Waals surface area contributed by atoms with E-state index in [1.807, 2.05) is 0 Å². The first-order chi connectivity index (χ1) is 4.11. The Balaban J connectivity index is 2.61. The van der Waals surface area contributed by atoms with Gasteiger partial charge in [-0.1, -0.05) is 34.8 Å². The summed E-state index contributed by atoms with van der Waals surface area (Å²) in [7, 11) is 4.19. The van der Waals surface area contributed by atoms with Crippen LogP contribution in [0.4, 0.5) is 0 Å². The third-order valence-electron chi connectivity index (χ3n) is 0.506. The number of nitrogens with zero attached hydrogens (tertiary/aromatic N) is 1. The third kappa shape index (κ3) is 2.60. The summed E-state index contributed by atoms with van der Waals surface area (Å²) in [6.07, 6.45) is 0. The average Bonchev–Trinajstić information content (AvgIpc) is 2.08. The quantitative estimate of drug-likeness (QED) is 0.367. The third-order valence-corrected chi connectivity index (χ3v) is 4.68. The molecule has 0 amide bonds. The van der Waals surface area contributed by atoms with Crippen LogP contribution < -0.4 is 4.40 Å². The van der Waals surface area contributed by atoms with E-state index in [0.717, 1.165) is 0 Å². The van der Waals surface area contributed by atoms with Crippen molar-refractivity contribution in [2.45, 2.75) is 3.79 Å². The van der Waals surface area contributed by atoms with Crippen LogP contribution in [0.25, 0.3) is 0 Å². The smallest absolute Gasteiger partial charge is 0.0711 e. The van der Waals surface area contributed by atoms with Crippen molar-refractivity contribution in [1.29, 1.82) is 0 Å². The maximum Gasteiger partial charge on any atom is 0.362 e. The van der Waals surface area contributed by atoms with Crippen LogP contribution in [0.3, 0.4) is 0 Å². The van der Waals surface area contributed by atoms with Gasteiger partial charge in [0.15, 0.2) is 0 Å². The lowest BCUT2D eigenvalue weighted by Crippen LogP contribution is -2.15. The van der Waals surface area contributed by atoms with Crippen molar-refractivity contribution in [3.05, 3.63) is 0 Å². The molecule has 1 radical (unpaired) electrons. The lowest BCUT2D eigenvalue weighted by Gasteiger charge is -1.97. The summed E-state index contributed by atoms with van der Waals surface area (Å²) >= 11 is 16.5. The summed E-state index contributed by atoms with van der Waals surface area (Å²) in [6, 6.07) is 0. The molecule has 1 aliphatic heterocycles. The average molecular weight is 241 g/mol. The molecule has 0 unspecified atom stereocenters. The highest BCUT2D eigenvalue weighted by Crippen LogP contribution is 2.46. The van der Waals surface area contributed by atoms with E-state index < -0.39 is 3.79 Å². The van der Waals surface area contributed by atoms with Gasteiger partial charge in [0.1, 0.15) is 4.40 Å². The minimum Gasteiger partial charge on any atom is -0.0711 e. The van der Waals surface area contributed by atoms with Gasteiger partial charge in [0.25, 0.3) is 3.79 Å². The monoisotopic (exact) mass is 239 g/mol. The predicted octanol–water partition coefficient (Wildman–Crippen LogP) is 3.05. The molecule has 1 rings (SSSR count). The summed E-state index contributed by atoms with van der Waals surface area (Å²) in [5.74, 6) is 0. The zero-order valence-corrected chi connectivity index (χ0v) is 8.52. The molecular formula is C2Cl3NS3+. The van der Waals surface area contributed by atoms with Crippen molar-refractivity contribution in [2.75, 3.05) is 0 Å². The maximum atomic E-state index is 5.49. The summed E-state index contributed by atoms with van der Waals surface area (Å²) in [4.78, 5) is 0. The summed E-state index contributed by atoms with van der Waals surface area (Å²) in [6.45, 7) is 0. The normalized spacial score (nSPS) is 20.1. The van der Waals surface area contributed by atoms with E-state index in [9.17, 15) is 0 Å². The standard InChI is InChI=1S/C2Cl3NS3/c3-2(4,5)1-6-8-9-7-1/q+1. The van der Waals surface area contributed by atoms with Crippen LogP contribution in [0.15, 0.2) is 0 Å². The van der Waals surface area contributed by atoms with E-state index >= 15 is 0 Å². The number of rotatable bonds is 0. The fourth-order valence-electron chi connectivity index (χ4n) is 0.211. The Bertz CT molecular complexity index is 140. The fraction of sp³-hybridized carbons (Fsp3) is 0.500. The van der Waals surface area contributed by atoms with Crippen LogP contribution in [-0.4, -0.2) is 8.84 Å². The molecule has 1 aliphatic rings. The van der Waals surface area contributed by atoms with Crippen LogP contribution in [0.2, 0.25) is 0 Å². The highest BCUT2D eigenvalue weighted by atomic mass is 35.6. The lowest BCUT2D eigenvalue weighted by atomic mass is 10.8. The Morgan fingerprint density at radius 2 is 2.00 bits per heavy atom. The van der Waals surface area contributed by atoms with Gasteiger partial charge in [0.05, 0.1) is 9.83 Å². The first-order valence-corrected chi connectivity index (χ1v) is 6.33. The molecule has 0 fully saturated rings. The molecule has 1 nitrogen and oxygen atoms in total. The van der Waals surface area contributed by atoms with E-state index in [-0.39, 0.29) is 0 Å². The van der Waals surface area contributed by atoms with Gasteiger partial charge in [-0.05, 0) is 0 Å². The van der Waals surface area contributed by atoms with Gasteiger partial charge in [0.2, 0.25) is 0 Å². The molecule has 0 aromatic rings. The second-order valence-corrected chi connectivity index (χ2v) is 7.00. The van der Waals surface area contributed by atoms with Crippen molar-refractivity contribution in [1.82, 2.24) is 4.40 Å². The Morgan fingerprint density at radius 1 is 1.33 bits per heavy atom. The molecule has 51 valence electrons. The SMILES string of the molecule is ClC(Cl)(Cl)C1=[N+]SSS1. The van der Waals surface area contributed by atoms with Crippen LogP contribution in [-0.2, 0) is 0 Å². The minimum absolute atomic E-state index is 0.544. The Kier molecular flexibility index (Phi) is 3.21. The molecular weight excluding hydrogens is 241 g/mol. The molecule has 0 bridgehead atoms. The summed E-state index contributed by atoms with van der Waals surface area (Å²) < 4.78 is 2.54. The molecule has 0 N–H and O–H groups in total. The zero-order chi connectivity index (χ0) is 6.91. The Labute approximate surface area is 79.2 Å². The largest absolute Gasteiger partial charge is 0.362 e. The molecule has 7 heteroatoms. The van der Waals surface area contributed by atoms with Crippen molar-refractivity contribution >= 4 is 71.4 Å². The van der Waals surface area contributed by atoms with Crippen molar-refractivity contribution in [2.24, 2.45) is 0 Å². The van der Waals surface area contributed by atoms with E-state index in [1.54, 1.807) is 0 Å². The second-order valence-electron chi connectivity index (χ2n) is 1.12. The molecule has 0 spiro atoms. The molecule has 9 heavy (non-hydrogen) atoms. The predicted molar refractivity (Wildman–Crippen MR) is 50.2 cm³/mol. The van der Waals surface area contributed by atoms with Crippen LogP contribution in [0, 0.1) is 0 Å². The first kappa shape index (κ1) is 8.68. The van der Waals surface area contributed by atoms with Crippen LogP contribution in [0.1, 0.15) is 0 Å². The number of halogens is 3. The molecule has 0 aliphatic carbocycles. The van der Waals surface area contributed by atoms with Crippen LogP contribution >= 0.6 is 66.4 Å². The second kappa shape index (κ2) is 3.32. The van der Waals surface area contributed by atoms with Crippen molar-refractivity contribution in [3.8, 4) is 0 Å². The first-order valence-electron chi connectivity index (χ1n) is 1.76. The van der Waals surface area contributed by atoms with E-state index in [0.29, 0.717) is 5.04 Å². The summed E-state index contributed by atoms with van der Waals surface area (Å²) in [5.41, 5.74) is 0. The van der Waals surface area contributed by atoms with E-state index in [2.05, 4.69) is 4.40 Å². The van der Waals surface area contributed by atoms with Gasteiger partial charge in [-0.2, -0.15) is 0 Å². The minimum atomic E-state index is -1.33. The molecule has 0 aromatic carbocycles. The van der Waals surface area contributed by atoms with Crippen LogP contribution in [0.5, 0.6) is 0 Å². The van der Waals surface area contributed by atoms with Gasteiger partial charge >= 0.3 is 16.0 Å². The van der Waals surface area contributed by atoms with Gasteiger partial charge < -0.3 is 0 Å². The highest BCUT2D eigenvalue weighted by Gasteiger charge is 2.42. The lowest BCUT2D eigenvalue weighted by molar-refractivity contribution is 1.55. The Morgan fingerprint density at radius 3 is 2.22 bits per heavy atom. The summed E-state index contributed by atoms with van der Waals surface area (Å²) in [5, 5.41) is 0.544. The number of hydrogen-bond donors (Lipinski definition) is 0. The molecule has 0 saturated carbocycles. The van der Waals surface area contributed by atoms with Crippen molar-refractivity contribution < 1.29 is 0 Å². The van der Waals surface area contributed by atoms with Gasteiger partial charge in [0, 0.05) is 10.8 Å². The van der Waals surface area contributed by atoms with E-state index in [4.69, 9.17) is 34.8 Å². The number of alkyl halides is 3. The fourth-order valence-corrected chi connectivity index (χ4v) is 4.42. The molecule has 1 heterocycles. The molecule has 0 saturated heterocycles. The van der Waals surface area contributed by atoms with Gasteiger partial charge in [-0.15, -0.1) is 0 Å². The maximum absolute atomic E-state index is 5.49. The van der Waals surface area contributed by atoms with Gasteiger partial charge in [-0.3, -0.25) is 0 Å².